The summed E-state index contributed by atoms with van der Waals surface area (Å²) in [5.74, 6) is -0.337. The molecule has 0 aromatic carbocycles. The topological polar surface area (TPSA) is 39.2 Å². The predicted molar refractivity (Wildman–Crippen MR) is 63.0 cm³/mol. The number of methoxy groups -OCH3 is 1. The lowest BCUT2D eigenvalue weighted by Crippen LogP contribution is -2.03. The summed E-state index contributed by atoms with van der Waals surface area (Å²) < 4.78 is 4.67. The lowest BCUT2D eigenvalue weighted by molar-refractivity contribution is 0.0600. The molecule has 0 bridgehead atoms. The van der Waals surface area contributed by atoms with Crippen molar-refractivity contribution in [1.82, 2.24) is 4.98 Å². The maximum absolute atomic E-state index is 11.4. The van der Waals surface area contributed by atoms with Gasteiger partial charge in [-0.3, -0.25) is 4.98 Å². The number of allylic oxidation sites excluding steroid dienone is 1. The van der Waals surface area contributed by atoms with Gasteiger partial charge >= 0.3 is 5.97 Å². The summed E-state index contributed by atoms with van der Waals surface area (Å²) in [6.07, 6.45) is 8.00. The normalized spacial score (nSPS) is 10.5. The average Bonchev–Trinajstić information content (AvgIpc) is 2.29. The number of pyridine rings is 1. The number of halogens is 1. The first-order valence-corrected chi connectivity index (χ1v) is 5.66. The van der Waals surface area contributed by atoms with Crippen LogP contribution in [0.1, 0.15) is 22.3 Å². The third-order valence-electron chi connectivity index (χ3n) is 1.83. The van der Waals surface area contributed by atoms with E-state index in [1.807, 2.05) is 12.2 Å². The highest BCUT2D eigenvalue weighted by Gasteiger charge is 2.08. The van der Waals surface area contributed by atoms with E-state index < -0.39 is 0 Å². The van der Waals surface area contributed by atoms with Gasteiger partial charge in [0, 0.05) is 23.3 Å². The lowest BCUT2D eigenvalue weighted by Gasteiger charge is -2.02. The highest BCUT2D eigenvalue weighted by molar-refractivity contribution is 9.09. The first-order chi connectivity index (χ1) is 7.29. The maximum atomic E-state index is 11.4. The summed E-state index contributed by atoms with van der Waals surface area (Å²) in [6, 6.07) is 1.65. The van der Waals surface area contributed by atoms with Crippen molar-refractivity contribution < 1.29 is 9.53 Å². The van der Waals surface area contributed by atoms with E-state index in [9.17, 15) is 4.79 Å². The minimum Gasteiger partial charge on any atom is -0.465 e. The number of alkyl halides is 1. The van der Waals surface area contributed by atoms with Crippen molar-refractivity contribution in [2.24, 2.45) is 0 Å². The van der Waals surface area contributed by atoms with Gasteiger partial charge in [0.05, 0.1) is 12.7 Å². The Morgan fingerprint density at radius 1 is 1.67 bits per heavy atom. The molecule has 0 spiro atoms. The second kappa shape index (κ2) is 6.35. The molecule has 15 heavy (non-hydrogen) atoms. The summed E-state index contributed by atoms with van der Waals surface area (Å²) in [5, 5.41) is 0.900. The molecule has 80 valence electrons. The zero-order valence-electron chi connectivity index (χ0n) is 8.44. The Hall–Kier alpha value is -1.16. The van der Waals surface area contributed by atoms with Gasteiger partial charge in [-0.15, -0.1) is 0 Å². The van der Waals surface area contributed by atoms with E-state index >= 15 is 0 Å². The van der Waals surface area contributed by atoms with E-state index in [1.165, 1.54) is 7.11 Å². The Labute approximate surface area is 97.3 Å². The molecule has 4 heteroatoms. The van der Waals surface area contributed by atoms with E-state index in [0.29, 0.717) is 5.56 Å². The van der Waals surface area contributed by atoms with E-state index in [2.05, 4.69) is 25.7 Å². The van der Waals surface area contributed by atoms with Gasteiger partial charge in [-0.05, 0) is 12.5 Å². The minimum absolute atomic E-state index is 0.337. The molecule has 0 N–H and O–H groups in total. The van der Waals surface area contributed by atoms with Crippen LogP contribution in [0.15, 0.2) is 24.5 Å². The van der Waals surface area contributed by atoms with Gasteiger partial charge in [0.15, 0.2) is 0 Å². The maximum Gasteiger partial charge on any atom is 0.338 e. The fraction of sp³-hybridized carbons (Fsp3) is 0.273. The number of hydrogen-bond donors (Lipinski definition) is 0. The Morgan fingerprint density at radius 2 is 2.47 bits per heavy atom. The number of carbonyl (C=O) groups is 1. The van der Waals surface area contributed by atoms with E-state index in [4.69, 9.17) is 0 Å². The predicted octanol–water partition coefficient (Wildman–Crippen LogP) is 2.67. The van der Waals surface area contributed by atoms with Crippen molar-refractivity contribution in [3.05, 3.63) is 35.7 Å². The molecule has 1 aromatic heterocycles. The van der Waals surface area contributed by atoms with E-state index in [-0.39, 0.29) is 5.97 Å². The average molecular weight is 270 g/mol. The minimum atomic E-state index is -0.337. The van der Waals surface area contributed by atoms with Crippen LogP contribution < -0.4 is 0 Å². The molecule has 1 aromatic rings. The Bertz CT molecular complexity index is 363. The SMILES string of the molecule is COC(=O)c1ccncc1C=CCCBr. The van der Waals surface area contributed by atoms with Gasteiger partial charge in [-0.2, -0.15) is 0 Å². The van der Waals surface area contributed by atoms with E-state index in [0.717, 1.165) is 17.3 Å². The first-order valence-electron chi connectivity index (χ1n) is 4.54. The molecule has 3 nitrogen and oxygen atoms in total. The van der Waals surface area contributed by atoms with Gasteiger partial charge in [0.1, 0.15) is 0 Å². The van der Waals surface area contributed by atoms with Gasteiger partial charge in [-0.25, -0.2) is 4.79 Å². The van der Waals surface area contributed by atoms with Crippen LogP contribution in [0.4, 0.5) is 0 Å². The van der Waals surface area contributed by atoms with Crippen LogP contribution in [0.3, 0.4) is 0 Å². The molecule has 0 unspecified atom stereocenters. The highest BCUT2D eigenvalue weighted by atomic mass is 79.9. The van der Waals surface area contributed by atoms with Gasteiger partial charge in [-0.1, -0.05) is 28.1 Å². The quantitative estimate of drug-likeness (QED) is 0.623. The van der Waals surface area contributed by atoms with Crippen LogP contribution >= 0.6 is 15.9 Å². The van der Waals surface area contributed by atoms with Gasteiger partial charge < -0.3 is 4.74 Å². The molecular formula is C11H12BrNO2. The van der Waals surface area contributed by atoms with Crippen LogP contribution in [-0.2, 0) is 4.74 Å². The van der Waals surface area contributed by atoms with Crippen molar-refractivity contribution in [3.8, 4) is 0 Å². The summed E-state index contributed by atoms with van der Waals surface area (Å²) in [7, 11) is 1.37. The van der Waals surface area contributed by atoms with Crippen LogP contribution in [0.25, 0.3) is 6.08 Å². The largest absolute Gasteiger partial charge is 0.465 e. The second-order valence-electron chi connectivity index (χ2n) is 2.83. The standard InChI is InChI=1S/C11H12BrNO2/c1-15-11(14)10-5-7-13-8-9(10)4-2-3-6-12/h2,4-5,7-8H,3,6H2,1H3. The molecule has 0 saturated carbocycles. The fourth-order valence-electron chi connectivity index (χ4n) is 1.11. The molecule has 0 aliphatic carbocycles. The number of rotatable bonds is 4. The molecule has 1 rings (SSSR count). The Balaban J connectivity index is 2.91. The number of ether oxygens (including phenoxy) is 1. The molecule has 0 aliphatic rings. The number of nitrogens with zero attached hydrogens (tertiary/aromatic N) is 1. The number of hydrogen-bond acceptors (Lipinski definition) is 3. The van der Waals surface area contributed by atoms with E-state index in [1.54, 1.807) is 18.5 Å². The molecule has 0 radical (unpaired) electrons. The van der Waals surface area contributed by atoms with Gasteiger partial charge in [0.2, 0.25) is 0 Å². The van der Waals surface area contributed by atoms with Crippen molar-refractivity contribution in [3.63, 3.8) is 0 Å². The van der Waals surface area contributed by atoms with Crippen LogP contribution in [-0.4, -0.2) is 23.4 Å². The van der Waals surface area contributed by atoms with Crippen LogP contribution in [0, 0.1) is 0 Å². The molecule has 0 fully saturated rings. The molecule has 0 saturated heterocycles. The molecule has 0 aliphatic heterocycles. The summed E-state index contributed by atoms with van der Waals surface area (Å²) >= 11 is 3.33. The summed E-state index contributed by atoms with van der Waals surface area (Å²) in [4.78, 5) is 15.3. The first kappa shape index (κ1) is 11.9. The lowest BCUT2D eigenvalue weighted by atomic mass is 10.1. The van der Waals surface area contributed by atoms with Crippen molar-refractivity contribution >= 4 is 28.0 Å². The molecule has 0 atom stereocenters. The number of aromatic nitrogens is 1. The Kier molecular flexibility index (Phi) is 5.04. The smallest absolute Gasteiger partial charge is 0.338 e. The van der Waals surface area contributed by atoms with Crippen molar-refractivity contribution in [1.29, 1.82) is 0 Å². The number of carbonyl (C=O) groups excluding carboxylic acids is 1. The number of esters is 1. The Morgan fingerprint density at radius 3 is 3.13 bits per heavy atom. The van der Waals surface area contributed by atoms with Crippen LogP contribution in [0.2, 0.25) is 0 Å². The van der Waals surface area contributed by atoms with Gasteiger partial charge in [0.25, 0.3) is 0 Å². The third kappa shape index (κ3) is 3.47. The van der Waals surface area contributed by atoms with Crippen LogP contribution in [0.5, 0.6) is 0 Å². The summed E-state index contributed by atoms with van der Waals surface area (Å²) in [5.41, 5.74) is 1.32. The molecule has 0 amide bonds. The zero-order valence-corrected chi connectivity index (χ0v) is 10.0. The molecular weight excluding hydrogens is 258 g/mol. The monoisotopic (exact) mass is 269 g/mol. The third-order valence-corrected chi connectivity index (χ3v) is 2.29. The fourth-order valence-corrected chi connectivity index (χ4v) is 1.37. The van der Waals surface area contributed by atoms with Crippen molar-refractivity contribution in [2.45, 2.75) is 6.42 Å². The second-order valence-corrected chi connectivity index (χ2v) is 3.63. The highest BCUT2D eigenvalue weighted by Crippen LogP contribution is 2.10. The summed E-state index contributed by atoms with van der Waals surface area (Å²) in [6.45, 7) is 0. The van der Waals surface area contributed by atoms with Crippen molar-refractivity contribution in [2.75, 3.05) is 12.4 Å². The molecule has 1 heterocycles. The zero-order chi connectivity index (χ0) is 11.1.